The Labute approximate surface area is 133 Å². The van der Waals surface area contributed by atoms with Gasteiger partial charge in [0.1, 0.15) is 4.60 Å². The third-order valence-electron chi connectivity index (χ3n) is 2.83. The van der Waals surface area contributed by atoms with Crippen LogP contribution in [-0.2, 0) is 6.54 Å². The molecule has 5 heteroatoms. The number of ether oxygens (including phenoxy) is 2. The van der Waals surface area contributed by atoms with Crippen molar-refractivity contribution in [3.8, 4) is 11.5 Å². The Bertz CT molecular complexity index is 603. The second-order valence-corrected chi connectivity index (χ2v) is 5.60. The highest BCUT2D eigenvalue weighted by Gasteiger charge is 2.08. The van der Waals surface area contributed by atoms with Crippen molar-refractivity contribution in [3.05, 3.63) is 46.7 Å². The molecule has 2 rings (SSSR count). The van der Waals surface area contributed by atoms with Crippen LogP contribution in [0.3, 0.4) is 0 Å². The highest BCUT2D eigenvalue weighted by Crippen LogP contribution is 2.29. The number of rotatable bonds is 6. The second kappa shape index (κ2) is 7.31. The number of hydrogen-bond acceptors (Lipinski definition) is 4. The van der Waals surface area contributed by atoms with E-state index in [9.17, 15) is 0 Å². The first-order chi connectivity index (χ1) is 10.1. The van der Waals surface area contributed by atoms with Gasteiger partial charge in [0.25, 0.3) is 0 Å². The van der Waals surface area contributed by atoms with Crippen molar-refractivity contribution in [2.24, 2.45) is 0 Å². The van der Waals surface area contributed by atoms with Crippen molar-refractivity contribution in [1.29, 1.82) is 0 Å². The van der Waals surface area contributed by atoms with E-state index in [1.807, 2.05) is 44.2 Å². The molecule has 0 amide bonds. The summed E-state index contributed by atoms with van der Waals surface area (Å²) in [6.45, 7) is 4.67. The molecule has 2 aromatic rings. The SMILES string of the molecule is COc1cc(CNc2cccnc2Br)ccc1OC(C)C. The number of methoxy groups -OCH3 is 1. The predicted molar refractivity (Wildman–Crippen MR) is 88.0 cm³/mol. The summed E-state index contributed by atoms with van der Waals surface area (Å²) in [6.07, 6.45) is 1.87. The van der Waals surface area contributed by atoms with Gasteiger partial charge in [0, 0.05) is 12.7 Å². The third-order valence-corrected chi connectivity index (χ3v) is 3.46. The van der Waals surface area contributed by atoms with Gasteiger partial charge in [0.2, 0.25) is 0 Å². The molecule has 1 heterocycles. The molecule has 112 valence electrons. The summed E-state index contributed by atoms with van der Waals surface area (Å²) in [4.78, 5) is 4.18. The van der Waals surface area contributed by atoms with E-state index < -0.39 is 0 Å². The molecule has 0 aliphatic heterocycles. The van der Waals surface area contributed by atoms with Crippen molar-refractivity contribution < 1.29 is 9.47 Å². The Balaban J connectivity index is 2.09. The van der Waals surface area contributed by atoms with E-state index in [1.165, 1.54) is 0 Å². The molecule has 0 atom stereocenters. The van der Waals surface area contributed by atoms with Crippen LogP contribution >= 0.6 is 15.9 Å². The first-order valence-corrected chi connectivity index (χ1v) is 7.57. The molecule has 0 bridgehead atoms. The zero-order valence-electron chi connectivity index (χ0n) is 12.4. The van der Waals surface area contributed by atoms with E-state index in [4.69, 9.17) is 9.47 Å². The molecule has 21 heavy (non-hydrogen) atoms. The standard InChI is InChI=1S/C16H19BrN2O2/c1-11(2)21-14-7-6-12(9-15(14)20-3)10-19-13-5-4-8-18-16(13)17/h4-9,11,19H,10H2,1-3H3. The molecule has 0 aliphatic carbocycles. The summed E-state index contributed by atoms with van der Waals surface area (Å²) in [6, 6.07) is 9.82. The van der Waals surface area contributed by atoms with Crippen LogP contribution in [-0.4, -0.2) is 18.2 Å². The average Bonchev–Trinajstić information content (AvgIpc) is 2.47. The molecule has 1 aromatic heterocycles. The van der Waals surface area contributed by atoms with Crippen LogP contribution in [0.2, 0.25) is 0 Å². The van der Waals surface area contributed by atoms with Crippen LogP contribution in [0.4, 0.5) is 5.69 Å². The van der Waals surface area contributed by atoms with Gasteiger partial charge in [-0.05, 0) is 59.6 Å². The maximum atomic E-state index is 5.71. The third kappa shape index (κ3) is 4.36. The molecule has 0 saturated carbocycles. The molecule has 0 spiro atoms. The number of hydrogen-bond donors (Lipinski definition) is 1. The van der Waals surface area contributed by atoms with Crippen LogP contribution in [0, 0.1) is 0 Å². The van der Waals surface area contributed by atoms with Gasteiger partial charge < -0.3 is 14.8 Å². The molecule has 0 aliphatic rings. The number of anilines is 1. The minimum absolute atomic E-state index is 0.120. The molecular weight excluding hydrogens is 332 g/mol. The first-order valence-electron chi connectivity index (χ1n) is 6.78. The van der Waals surface area contributed by atoms with E-state index in [1.54, 1.807) is 13.3 Å². The van der Waals surface area contributed by atoms with Crippen molar-refractivity contribution in [3.63, 3.8) is 0 Å². The summed E-state index contributed by atoms with van der Waals surface area (Å²) < 4.78 is 11.9. The van der Waals surface area contributed by atoms with Gasteiger partial charge in [0.15, 0.2) is 11.5 Å². The fourth-order valence-electron chi connectivity index (χ4n) is 1.89. The van der Waals surface area contributed by atoms with Gasteiger partial charge in [-0.15, -0.1) is 0 Å². The summed E-state index contributed by atoms with van der Waals surface area (Å²) in [5.41, 5.74) is 2.07. The fourth-order valence-corrected chi connectivity index (χ4v) is 2.28. The molecule has 1 aromatic carbocycles. The lowest BCUT2D eigenvalue weighted by Crippen LogP contribution is -2.07. The Morgan fingerprint density at radius 1 is 1.24 bits per heavy atom. The Hall–Kier alpha value is -1.75. The van der Waals surface area contributed by atoms with Gasteiger partial charge in [-0.2, -0.15) is 0 Å². The van der Waals surface area contributed by atoms with Crippen molar-refractivity contribution in [1.82, 2.24) is 4.98 Å². The number of halogens is 1. The van der Waals surface area contributed by atoms with Gasteiger partial charge in [-0.3, -0.25) is 0 Å². The maximum absolute atomic E-state index is 5.71. The molecule has 0 radical (unpaired) electrons. The lowest BCUT2D eigenvalue weighted by atomic mass is 10.2. The number of pyridine rings is 1. The van der Waals surface area contributed by atoms with E-state index in [2.05, 4.69) is 26.2 Å². The van der Waals surface area contributed by atoms with Crippen molar-refractivity contribution >= 4 is 21.6 Å². The Morgan fingerprint density at radius 3 is 2.71 bits per heavy atom. The largest absolute Gasteiger partial charge is 0.493 e. The monoisotopic (exact) mass is 350 g/mol. The number of aromatic nitrogens is 1. The topological polar surface area (TPSA) is 43.4 Å². The van der Waals surface area contributed by atoms with Crippen LogP contribution in [0.1, 0.15) is 19.4 Å². The smallest absolute Gasteiger partial charge is 0.161 e. The summed E-state index contributed by atoms with van der Waals surface area (Å²) in [5, 5.41) is 3.34. The van der Waals surface area contributed by atoms with Crippen LogP contribution in [0.5, 0.6) is 11.5 Å². The molecular formula is C16H19BrN2O2. The minimum Gasteiger partial charge on any atom is -0.493 e. The average molecular weight is 351 g/mol. The molecule has 0 unspecified atom stereocenters. The van der Waals surface area contributed by atoms with E-state index in [-0.39, 0.29) is 6.10 Å². The lowest BCUT2D eigenvalue weighted by Gasteiger charge is -2.15. The summed E-state index contributed by atoms with van der Waals surface area (Å²) >= 11 is 3.42. The van der Waals surface area contributed by atoms with E-state index in [0.717, 1.165) is 27.4 Å². The van der Waals surface area contributed by atoms with Gasteiger partial charge in [-0.1, -0.05) is 6.07 Å². The molecule has 1 N–H and O–H groups in total. The van der Waals surface area contributed by atoms with Gasteiger partial charge in [0.05, 0.1) is 18.9 Å². The highest BCUT2D eigenvalue weighted by molar-refractivity contribution is 9.10. The number of nitrogens with zero attached hydrogens (tertiary/aromatic N) is 1. The van der Waals surface area contributed by atoms with Crippen LogP contribution in [0.15, 0.2) is 41.1 Å². The van der Waals surface area contributed by atoms with Gasteiger partial charge in [-0.25, -0.2) is 4.98 Å². The Kier molecular flexibility index (Phi) is 5.44. The zero-order chi connectivity index (χ0) is 15.2. The quantitative estimate of drug-likeness (QED) is 0.790. The fraction of sp³-hybridized carbons (Fsp3) is 0.312. The predicted octanol–water partition coefficient (Wildman–Crippen LogP) is 4.25. The normalized spacial score (nSPS) is 10.5. The van der Waals surface area contributed by atoms with Crippen molar-refractivity contribution in [2.45, 2.75) is 26.5 Å². The summed E-state index contributed by atoms with van der Waals surface area (Å²) in [5.74, 6) is 1.51. The first kappa shape index (κ1) is 15.6. The van der Waals surface area contributed by atoms with Crippen LogP contribution in [0.25, 0.3) is 0 Å². The second-order valence-electron chi connectivity index (χ2n) is 4.85. The summed E-state index contributed by atoms with van der Waals surface area (Å²) in [7, 11) is 1.65. The van der Waals surface area contributed by atoms with E-state index >= 15 is 0 Å². The van der Waals surface area contributed by atoms with Gasteiger partial charge >= 0.3 is 0 Å². The van der Waals surface area contributed by atoms with Crippen LogP contribution < -0.4 is 14.8 Å². The van der Waals surface area contributed by atoms with E-state index in [0.29, 0.717) is 6.54 Å². The van der Waals surface area contributed by atoms with Crippen molar-refractivity contribution in [2.75, 3.05) is 12.4 Å². The minimum atomic E-state index is 0.120. The molecule has 4 nitrogen and oxygen atoms in total. The lowest BCUT2D eigenvalue weighted by molar-refractivity contribution is 0.230. The Morgan fingerprint density at radius 2 is 2.05 bits per heavy atom. The highest BCUT2D eigenvalue weighted by atomic mass is 79.9. The zero-order valence-corrected chi connectivity index (χ0v) is 14.0. The number of benzene rings is 1. The molecule has 0 saturated heterocycles. The molecule has 0 fully saturated rings. The number of nitrogens with one attached hydrogen (secondary N) is 1. The maximum Gasteiger partial charge on any atom is 0.161 e.